The molecule has 3 aromatic carbocycles. The monoisotopic (exact) mass is 477 g/mol. The Morgan fingerprint density at radius 2 is 1.70 bits per heavy atom. The van der Waals surface area contributed by atoms with Crippen LogP contribution in [0.25, 0.3) is 5.69 Å². The molecular formula is C25H24ClN5OS. The summed E-state index contributed by atoms with van der Waals surface area (Å²) in [6.45, 7) is 2.59. The summed E-state index contributed by atoms with van der Waals surface area (Å²) in [7, 11) is 0. The molecule has 2 N–H and O–H groups in total. The van der Waals surface area contributed by atoms with Gasteiger partial charge in [0.15, 0.2) is 11.0 Å². The van der Waals surface area contributed by atoms with E-state index in [1.807, 2.05) is 59.2 Å². The number of carbonyl (C=O) groups is 1. The lowest BCUT2D eigenvalue weighted by Crippen LogP contribution is -2.13. The van der Waals surface area contributed by atoms with Crippen LogP contribution >= 0.6 is 23.4 Å². The largest absolute Gasteiger partial charge is 0.378 e. The number of aromatic nitrogens is 3. The molecule has 33 heavy (non-hydrogen) atoms. The molecule has 0 spiro atoms. The minimum absolute atomic E-state index is 0.0948. The summed E-state index contributed by atoms with van der Waals surface area (Å²) in [5, 5.41) is 16.3. The maximum Gasteiger partial charge on any atom is 0.225 e. The lowest BCUT2D eigenvalue weighted by Gasteiger charge is -2.12. The summed E-state index contributed by atoms with van der Waals surface area (Å²) in [4.78, 5) is 12.4. The van der Waals surface area contributed by atoms with E-state index in [2.05, 4.69) is 39.9 Å². The van der Waals surface area contributed by atoms with Gasteiger partial charge in [0.05, 0.1) is 17.3 Å². The van der Waals surface area contributed by atoms with Crippen molar-refractivity contribution in [2.45, 2.75) is 25.0 Å². The molecule has 0 radical (unpaired) electrons. The molecule has 4 aromatic rings. The summed E-state index contributed by atoms with van der Waals surface area (Å²) in [5.41, 5.74) is 3.83. The van der Waals surface area contributed by atoms with Crippen molar-refractivity contribution < 1.29 is 4.79 Å². The van der Waals surface area contributed by atoms with E-state index < -0.39 is 0 Å². The van der Waals surface area contributed by atoms with Crippen LogP contribution < -0.4 is 10.6 Å². The summed E-state index contributed by atoms with van der Waals surface area (Å²) in [5.74, 6) is 1.26. The summed E-state index contributed by atoms with van der Waals surface area (Å²) >= 11 is 7.62. The highest BCUT2D eigenvalue weighted by Gasteiger charge is 2.15. The molecule has 1 amide bonds. The van der Waals surface area contributed by atoms with E-state index in [0.717, 1.165) is 22.4 Å². The molecule has 0 bridgehead atoms. The first-order valence-electron chi connectivity index (χ1n) is 10.6. The quantitative estimate of drug-likeness (QED) is 0.291. The third-order valence-corrected chi connectivity index (χ3v) is 6.19. The van der Waals surface area contributed by atoms with Gasteiger partial charge in [0.25, 0.3) is 0 Å². The van der Waals surface area contributed by atoms with Gasteiger partial charge in [-0.2, -0.15) is 0 Å². The predicted octanol–water partition coefficient (Wildman–Crippen LogP) is 5.96. The first-order chi connectivity index (χ1) is 16.1. The fourth-order valence-corrected chi connectivity index (χ4v) is 4.30. The second-order valence-electron chi connectivity index (χ2n) is 7.42. The number of benzene rings is 3. The average Bonchev–Trinajstić information content (AvgIpc) is 3.23. The van der Waals surface area contributed by atoms with Crippen molar-refractivity contribution in [2.75, 3.05) is 16.4 Å². The van der Waals surface area contributed by atoms with E-state index in [0.29, 0.717) is 29.4 Å². The molecule has 0 unspecified atom stereocenters. The Morgan fingerprint density at radius 3 is 2.45 bits per heavy atom. The third kappa shape index (κ3) is 6.15. The molecular weight excluding hydrogens is 454 g/mol. The highest BCUT2D eigenvalue weighted by Crippen LogP contribution is 2.24. The summed E-state index contributed by atoms with van der Waals surface area (Å²) in [6, 6.07) is 25.4. The molecule has 0 saturated carbocycles. The number of nitrogens with one attached hydrogen (secondary N) is 2. The molecule has 168 valence electrons. The predicted molar refractivity (Wildman–Crippen MR) is 135 cm³/mol. The zero-order valence-corrected chi connectivity index (χ0v) is 19.7. The fourth-order valence-electron chi connectivity index (χ4n) is 3.21. The van der Waals surface area contributed by atoms with Crippen LogP contribution in [0.2, 0.25) is 5.02 Å². The molecule has 4 rings (SSSR count). The molecule has 0 aliphatic heterocycles. The standard InChI is InChI=1S/C25H24ClN5OS/c1-18-11-13-19(14-12-18)27-17-23-29-30-25(31(23)20-7-3-2-4-8-20)33-16-15-24(32)28-22-10-6-5-9-21(22)26/h2-14,27H,15-17H2,1H3,(H,28,32). The van der Waals surface area contributed by atoms with Crippen molar-refractivity contribution in [1.29, 1.82) is 0 Å². The Hall–Kier alpha value is -3.29. The van der Waals surface area contributed by atoms with Crippen LogP contribution in [0.1, 0.15) is 17.8 Å². The van der Waals surface area contributed by atoms with Crippen LogP contribution in [0, 0.1) is 6.92 Å². The van der Waals surface area contributed by atoms with Crippen molar-refractivity contribution in [3.63, 3.8) is 0 Å². The van der Waals surface area contributed by atoms with Gasteiger partial charge in [0.1, 0.15) is 0 Å². The molecule has 1 heterocycles. The number of carbonyl (C=O) groups excluding carboxylic acids is 1. The van der Waals surface area contributed by atoms with Crippen LogP contribution in [-0.2, 0) is 11.3 Å². The van der Waals surface area contributed by atoms with E-state index in [4.69, 9.17) is 11.6 Å². The van der Waals surface area contributed by atoms with Crippen molar-refractivity contribution in [1.82, 2.24) is 14.8 Å². The van der Waals surface area contributed by atoms with Crippen LogP contribution in [0.4, 0.5) is 11.4 Å². The van der Waals surface area contributed by atoms with Gasteiger partial charge >= 0.3 is 0 Å². The van der Waals surface area contributed by atoms with Crippen LogP contribution in [-0.4, -0.2) is 26.4 Å². The van der Waals surface area contributed by atoms with Gasteiger partial charge in [-0.3, -0.25) is 9.36 Å². The first-order valence-corrected chi connectivity index (χ1v) is 11.9. The zero-order valence-electron chi connectivity index (χ0n) is 18.2. The Labute approximate surface area is 202 Å². The number of hydrogen-bond acceptors (Lipinski definition) is 5. The van der Waals surface area contributed by atoms with Crippen molar-refractivity contribution in [2.24, 2.45) is 0 Å². The Morgan fingerprint density at radius 1 is 0.970 bits per heavy atom. The molecule has 1 aromatic heterocycles. The van der Waals surface area contributed by atoms with Gasteiger partial charge in [-0.1, -0.05) is 71.4 Å². The first kappa shape index (κ1) is 22.9. The normalized spacial score (nSPS) is 10.7. The summed E-state index contributed by atoms with van der Waals surface area (Å²) in [6.07, 6.45) is 0.328. The van der Waals surface area contributed by atoms with Gasteiger partial charge in [0.2, 0.25) is 5.91 Å². The highest BCUT2D eigenvalue weighted by atomic mass is 35.5. The minimum Gasteiger partial charge on any atom is -0.378 e. The lowest BCUT2D eigenvalue weighted by molar-refractivity contribution is -0.115. The van der Waals surface area contributed by atoms with Gasteiger partial charge in [-0.05, 0) is 43.3 Å². The second-order valence-corrected chi connectivity index (χ2v) is 8.89. The maximum atomic E-state index is 12.4. The number of para-hydroxylation sites is 2. The second kappa shape index (κ2) is 11.0. The maximum absolute atomic E-state index is 12.4. The fraction of sp³-hybridized carbons (Fsp3) is 0.160. The van der Waals surface area contributed by atoms with E-state index in [1.54, 1.807) is 12.1 Å². The highest BCUT2D eigenvalue weighted by molar-refractivity contribution is 7.99. The molecule has 8 heteroatoms. The number of halogens is 1. The number of nitrogens with zero attached hydrogens (tertiary/aromatic N) is 3. The average molecular weight is 478 g/mol. The van der Waals surface area contributed by atoms with Gasteiger partial charge in [-0.25, -0.2) is 0 Å². The number of amides is 1. The number of thioether (sulfide) groups is 1. The number of rotatable bonds is 9. The molecule has 0 atom stereocenters. The van der Waals surface area contributed by atoms with E-state index in [-0.39, 0.29) is 5.91 Å². The molecule has 0 saturated heterocycles. The van der Waals surface area contributed by atoms with Gasteiger partial charge in [-0.15, -0.1) is 10.2 Å². The third-order valence-electron chi connectivity index (χ3n) is 4.93. The van der Waals surface area contributed by atoms with E-state index >= 15 is 0 Å². The van der Waals surface area contributed by atoms with Crippen molar-refractivity contribution in [3.05, 3.63) is 95.3 Å². The van der Waals surface area contributed by atoms with Crippen LogP contribution in [0.3, 0.4) is 0 Å². The van der Waals surface area contributed by atoms with E-state index in [9.17, 15) is 4.79 Å². The van der Waals surface area contributed by atoms with Gasteiger partial charge in [0, 0.05) is 23.5 Å². The van der Waals surface area contributed by atoms with Crippen LogP contribution in [0.5, 0.6) is 0 Å². The van der Waals surface area contributed by atoms with Crippen molar-refractivity contribution >= 4 is 40.6 Å². The smallest absolute Gasteiger partial charge is 0.225 e. The Balaban J connectivity index is 1.43. The Kier molecular flexibility index (Phi) is 7.65. The van der Waals surface area contributed by atoms with Gasteiger partial charge < -0.3 is 10.6 Å². The minimum atomic E-state index is -0.0948. The number of anilines is 2. The Bertz CT molecular complexity index is 1210. The number of hydrogen-bond donors (Lipinski definition) is 2. The molecule has 0 aliphatic rings. The SMILES string of the molecule is Cc1ccc(NCc2nnc(SCCC(=O)Nc3ccccc3Cl)n2-c2ccccc2)cc1. The molecule has 0 aliphatic carbocycles. The number of aryl methyl sites for hydroxylation is 1. The van der Waals surface area contributed by atoms with Crippen LogP contribution in [0.15, 0.2) is 84.0 Å². The molecule has 0 fully saturated rings. The van der Waals surface area contributed by atoms with E-state index in [1.165, 1.54) is 17.3 Å². The topological polar surface area (TPSA) is 71.8 Å². The molecule has 6 nitrogen and oxygen atoms in total. The summed E-state index contributed by atoms with van der Waals surface area (Å²) < 4.78 is 2.03. The zero-order chi connectivity index (χ0) is 23.0. The van der Waals surface area contributed by atoms with Crippen molar-refractivity contribution in [3.8, 4) is 5.69 Å². The lowest BCUT2D eigenvalue weighted by atomic mass is 10.2.